The minimum absolute atomic E-state index is 0.183. The van der Waals surface area contributed by atoms with Gasteiger partial charge in [-0.25, -0.2) is 4.98 Å². The topological polar surface area (TPSA) is 65.7 Å². The van der Waals surface area contributed by atoms with Gasteiger partial charge in [0.1, 0.15) is 5.82 Å². The Morgan fingerprint density at radius 2 is 2.03 bits per heavy atom. The van der Waals surface area contributed by atoms with E-state index in [1.807, 2.05) is 19.1 Å². The third-order valence-corrected chi connectivity index (χ3v) is 6.44. The molecular weight excluding hydrogens is 494 g/mol. The van der Waals surface area contributed by atoms with E-state index in [1.165, 1.54) is 11.1 Å². The highest BCUT2D eigenvalue weighted by Crippen LogP contribution is 2.36. The van der Waals surface area contributed by atoms with Gasteiger partial charge in [0, 0.05) is 10.4 Å². The minimum atomic E-state index is -0.183. The van der Waals surface area contributed by atoms with Gasteiger partial charge in [0.25, 0.3) is 5.56 Å². The van der Waals surface area contributed by atoms with Crippen molar-refractivity contribution in [3.05, 3.63) is 61.6 Å². The van der Waals surface area contributed by atoms with Gasteiger partial charge < -0.3 is 9.47 Å². The number of methoxy groups -OCH3 is 1. The summed E-state index contributed by atoms with van der Waals surface area (Å²) in [5.74, 6) is 1.93. The lowest BCUT2D eigenvalue weighted by molar-refractivity contribution is 0.311. The molecule has 0 saturated heterocycles. The molecule has 1 aromatic heterocycles. The van der Waals surface area contributed by atoms with E-state index in [0.29, 0.717) is 45.4 Å². The molecule has 0 spiro atoms. The van der Waals surface area contributed by atoms with E-state index >= 15 is 0 Å². The van der Waals surface area contributed by atoms with Crippen molar-refractivity contribution in [3.63, 3.8) is 0 Å². The molecule has 0 N–H and O–H groups in total. The molecule has 32 heavy (non-hydrogen) atoms. The van der Waals surface area contributed by atoms with E-state index in [4.69, 9.17) is 26.1 Å². The molecule has 0 aliphatic heterocycles. The van der Waals surface area contributed by atoms with Crippen molar-refractivity contribution in [1.82, 2.24) is 9.66 Å². The molecule has 0 unspecified atom stereocenters. The fourth-order valence-corrected chi connectivity index (χ4v) is 4.76. The molecule has 168 valence electrons. The number of halogens is 2. The molecular formula is C24H25BrClN3O3. The van der Waals surface area contributed by atoms with E-state index in [-0.39, 0.29) is 11.5 Å². The van der Waals surface area contributed by atoms with Crippen LogP contribution in [0.25, 0.3) is 10.9 Å². The lowest BCUT2D eigenvalue weighted by atomic mass is 9.88. The summed E-state index contributed by atoms with van der Waals surface area (Å²) in [5.41, 5.74) is 1.21. The largest absolute Gasteiger partial charge is 0.493 e. The Kier molecular flexibility index (Phi) is 7.16. The van der Waals surface area contributed by atoms with Crippen molar-refractivity contribution in [1.29, 1.82) is 0 Å². The first-order valence-corrected chi connectivity index (χ1v) is 12.0. The molecule has 1 saturated carbocycles. The van der Waals surface area contributed by atoms with E-state index in [0.717, 1.165) is 30.2 Å². The molecule has 1 aliphatic rings. The maximum atomic E-state index is 13.4. The first-order valence-electron chi connectivity index (χ1n) is 10.8. The van der Waals surface area contributed by atoms with Crippen LogP contribution < -0.4 is 15.0 Å². The van der Waals surface area contributed by atoms with Gasteiger partial charge in [-0.05, 0) is 55.7 Å². The van der Waals surface area contributed by atoms with Gasteiger partial charge >= 0.3 is 0 Å². The summed E-state index contributed by atoms with van der Waals surface area (Å²) in [4.78, 5) is 18.3. The molecule has 0 bridgehead atoms. The van der Waals surface area contributed by atoms with Gasteiger partial charge in [-0.2, -0.15) is 9.78 Å². The maximum absolute atomic E-state index is 13.4. The van der Waals surface area contributed by atoms with Crippen LogP contribution in [-0.4, -0.2) is 29.6 Å². The van der Waals surface area contributed by atoms with E-state index in [9.17, 15) is 4.79 Å². The van der Waals surface area contributed by atoms with Gasteiger partial charge in [0.15, 0.2) is 11.5 Å². The average Bonchev–Trinajstić information content (AvgIpc) is 2.80. The van der Waals surface area contributed by atoms with E-state index in [2.05, 4.69) is 21.0 Å². The number of hydrogen-bond donors (Lipinski definition) is 0. The lowest BCUT2D eigenvalue weighted by Crippen LogP contribution is -2.25. The molecule has 0 amide bonds. The second kappa shape index (κ2) is 10.0. The van der Waals surface area contributed by atoms with Crippen molar-refractivity contribution >= 4 is 44.6 Å². The Hall–Kier alpha value is -2.38. The Bertz CT molecular complexity index is 1220. The highest BCUT2D eigenvalue weighted by atomic mass is 79.9. The standard InChI is InChI=1S/C24H25BrClN3O3/c1-3-32-22-19(26)11-15(12-21(22)31-2)14-27-29-23(16-7-5-4-6-8-16)28-20-10-9-17(25)13-18(20)24(29)30/h9-14,16H,3-8H2,1-2H3. The summed E-state index contributed by atoms with van der Waals surface area (Å²) < 4.78 is 13.3. The Balaban J connectivity index is 1.82. The number of benzene rings is 2. The first kappa shape index (κ1) is 22.8. The number of ether oxygens (including phenoxy) is 2. The van der Waals surface area contributed by atoms with Crippen LogP contribution in [0, 0.1) is 0 Å². The van der Waals surface area contributed by atoms with Gasteiger partial charge in [-0.3, -0.25) is 4.79 Å². The Labute approximate surface area is 200 Å². The summed E-state index contributed by atoms with van der Waals surface area (Å²) in [5, 5.41) is 5.52. The smallest absolute Gasteiger partial charge is 0.282 e. The SMILES string of the molecule is CCOc1c(Cl)cc(C=Nn2c(C3CCCCC3)nc3ccc(Br)cc3c2=O)cc1OC. The lowest BCUT2D eigenvalue weighted by Gasteiger charge is -2.22. The maximum Gasteiger partial charge on any atom is 0.282 e. The summed E-state index contributed by atoms with van der Waals surface area (Å²) in [6.45, 7) is 2.36. The molecule has 8 heteroatoms. The molecule has 1 aliphatic carbocycles. The predicted molar refractivity (Wildman–Crippen MR) is 132 cm³/mol. The summed E-state index contributed by atoms with van der Waals surface area (Å²) in [6, 6.07) is 9.10. The van der Waals surface area contributed by atoms with Crippen LogP contribution in [0.4, 0.5) is 0 Å². The second-order valence-electron chi connectivity index (χ2n) is 7.80. The van der Waals surface area contributed by atoms with Crippen LogP contribution in [0.3, 0.4) is 0 Å². The van der Waals surface area contributed by atoms with E-state index < -0.39 is 0 Å². The third-order valence-electron chi connectivity index (χ3n) is 5.67. The van der Waals surface area contributed by atoms with Crippen LogP contribution in [0.15, 0.2) is 44.7 Å². The van der Waals surface area contributed by atoms with Gasteiger partial charge in [0.2, 0.25) is 0 Å². The number of fused-ring (bicyclic) bond motifs is 1. The Morgan fingerprint density at radius 1 is 1.25 bits per heavy atom. The summed E-state index contributed by atoms with van der Waals surface area (Å²) in [6.07, 6.45) is 7.11. The van der Waals surface area contributed by atoms with Crippen LogP contribution in [0.5, 0.6) is 11.5 Å². The van der Waals surface area contributed by atoms with E-state index in [1.54, 1.807) is 31.5 Å². The number of rotatable bonds is 6. The Morgan fingerprint density at radius 3 is 2.75 bits per heavy atom. The van der Waals surface area contributed by atoms with Crippen LogP contribution in [0.1, 0.15) is 56.3 Å². The average molecular weight is 519 g/mol. The number of hydrogen-bond acceptors (Lipinski definition) is 5. The second-order valence-corrected chi connectivity index (χ2v) is 9.12. The zero-order chi connectivity index (χ0) is 22.7. The highest BCUT2D eigenvalue weighted by Gasteiger charge is 2.22. The molecule has 3 aromatic rings. The zero-order valence-corrected chi connectivity index (χ0v) is 20.4. The predicted octanol–water partition coefficient (Wildman–Crippen LogP) is 6.15. The minimum Gasteiger partial charge on any atom is -0.493 e. The van der Waals surface area contributed by atoms with Crippen LogP contribution in [-0.2, 0) is 0 Å². The van der Waals surface area contributed by atoms with Gasteiger partial charge in [-0.1, -0.05) is 46.8 Å². The quantitative estimate of drug-likeness (QED) is 0.367. The third kappa shape index (κ3) is 4.69. The molecule has 2 aromatic carbocycles. The number of nitrogens with zero attached hydrogens (tertiary/aromatic N) is 3. The molecule has 0 atom stereocenters. The van der Waals surface area contributed by atoms with Gasteiger partial charge in [0.05, 0.1) is 35.9 Å². The monoisotopic (exact) mass is 517 g/mol. The van der Waals surface area contributed by atoms with Gasteiger partial charge in [-0.15, -0.1) is 0 Å². The highest BCUT2D eigenvalue weighted by molar-refractivity contribution is 9.10. The molecule has 4 rings (SSSR count). The summed E-state index contributed by atoms with van der Waals surface area (Å²) in [7, 11) is 1.56. The van der Waals surface area contributed by atoms with Crippen molar-refractivity contribution in [2.24, 2.45) is 5.10 Å². The van der Waals surface area contributed by atoms with Crippen LogP contribution in [0.2, 0.25) is 5.02 Å². The normalized spacial score (nSPS) is 14.9. The fraction of sp³-hybridized carbons (Fsp3) is 0.375. The van der Waals surface area contributed by atoms with Crippen molar-refractivity contribution < 1.29 is 9.47 Å². The zero-order valence-electron chi connectivity index (χ0n) is 18.1. The first-order chi connectivity index (χ1) is 15.5. The number of aromatic nitrogens is 2. The van der Waals surface area contributed by atoms with Crippen molar-refractivity contribution in [2.45, 2.75) is 44.9 Å². The fourth-order valence-electron chi connectivity index (χ4n) is 4.13. The van der Waals surface area contributed by atoms with Crippen molar-refractivity contribution in [2.75, 3.05) is 13.7 Å². The van der Waals surface area contributed by atoms with Crippen LogP contribution >= 0.6 is 27.5 Å². The molecule has 0 radical (unpaired) electrons. The molecule has 6 nitrogen and oxygen atoms in total. The summed E-state index contributed by atoms with van der Waals surface area (Å²) >= 11 is 9.85. The molecule has 1 heterocycles. The molecule has 1 fully saturated rings. The van der Waals surface area contributed by atoms with Crippen molar-refractivity contribution in [3.8, 4) is 11.5 Å².